The van der Waals surface area contributed by atoms with Crippen LogP contribution in [0, 0.1) is 12.0 Å². The second-order valence-corrected chi connectivity index (χ2v) is 6.28. The minimum Gasteiger partial charge on any atom is -0.506 e. The van der Waals surface area contributed by atoms with Crippen molar-refractivity contribution in [2.45, 2.75) is 26.9 Å². The van der Waals surface area contributed by atoms with Gasteiger partial charge in [-0.05, 0) is 30.0 Å². The minimum absolute atomic E-state index is 0. The summed E-state index contributed by atoms with van der Waals surface area (Å²) in [6, 6.07) is 17.8. The van der Waals surface area contributed by atoms with Gasteiger partial charge in [0.2, 0.25) is 0 Å². The molecule has 1 aliphatic heterocycles. The second-order valence-electron chi connectivity index (χ2n) is 6.28. The van der Waals surface area contributed by atoms with E-state index in [-0.39, 0.29) is 20.1 Å². The first-order valence-electron chi connectivity index (χ1n) is 7.78. The third-order valence-corrected chi connectivity index (χ3v) is 4.11. The average Bonchev–Trinajstić information content (AvgIpc) is 2.53. The molecule has 0 saturated heterocycles. The molecule has 0 bridgehead atoms. The van der Waals surface area contributed by atoms with E-state index < -0.39 is 0 Å². The summed E-state index contributed by atoms with van der Waals surface area (Å²) >= 11 is 0. The third kappa shape index (κ3) is 2.91. The maximum absolute atomic E-state index is 5.94. The monoisotopic (exact) mass is 481 g/mol. The summed E-state index contributed by atoms with van der Waals surface area (Å²) in [4.78, 5) is 4.87. The van der Waals surface area contributed by atoms with Gasteiger partial charge in [0.15, 0.2) is 0 Å². The summed E-state index contributed by atoms with van der Waals surface area (Å²) in [5.41, 5.74) is 5.51. The number of pyridine rings is 1. The van der Waals surface area contributed by atoms with Crippen molar-refractivity contribution in [2.75, 3.05) is 0 Å². The fourth-order valence-electron chi connectivity index (χ4n) is 3.11. The average molecular weight is 481 g/mol. The number of ether oxygens (including phenoxy) is 1. The molecule has 0 atom stereocenters. The fraction of sp³-hybridized carbons (Fsp3) is 0.250. The molecule has 3 aromatic rings. The van der Waals surface area contributed by atoms with Crippen LogP contribution in [0.5, 0.6) is 5.75 Å². The first-order chi connectivity index (χ1) is 10.7. The Morgan fingerprint density at radius 3 is 2.91 bits per heavy atom. The molecule has 2 aromatic carbocycles. The van der Waals surface area contributed by atoms with Gasteiger partial charge in [-0.25, -0.2) is 0 Å². The van der Waals surface area contributed by atoms with E-state index >= 15 is 0 Å². The van der Waals surface area contributed by atoms with Crippen LogP contribution < -0.4 is 4.74 Å². The van der Waals surface area contributed by atoms with Crippen LogP contribution >= 0.6 is 0 Å². The summed E-state index contributed by atoms with van der Waals surface area (Å²) in [5.74, 6) is 1.50. The van der Waals surface area contributed by atoms with Crippen LogP contribution in [0.3, 0.4) is 0 Å². The predicted molar refractivity (Wildman–Crippen MR) is 88.9 cm³/mol. The number of nitrogens with zero attached hydrogens (tertiary/aromatic N) is 1. The van der Waals surface area contributed by atoms with Crippen LogP contribution in [0.4, 0.5) is 0 Å². The summed E-state index contributed by atoms with van der Waals surface area (Å²) in [5, 5.41) is 1.20. The van der Waals surface area contributed by atoms with Crippen molar-refractivity contribution in [3.63, 3.8) is 0 Å². The summed E-state index contributed by atoms with van der Waals surface area (Å²) in [6.07, 6.45) is 1.06. The molecule has 1 aliphatic rings. The topological polar surface area (TPSA) is 22.1 Å². The van der Waals surface area contributed by atoms with Crippen LogP contribution in [0.15, 0.2) is 42.5 Å². The summed E-state index contributed by atoms with van der Waals surface area (Å²) < 4.78 is 5.94. The van der Waals surface area contributed by atoms with E-state index in [1.807, 2.05) is 12.1 Å². The Hall–Kier alpha value is -1.70. The normalized spacial score (nSPS) is 12.3. The number of aromatic nitrogens is 1. The zero-order valence-electron chi connectivity index (χ0n) is 13.2. The van der Waals surface area contributed by atoms with E-state index in [9.17, 15) is 0 Å². The van der Waals surface area contributed by atoms with Crippen molar-refractivity contribution in [3.05, 3.63) is 59.7 Å². The number of hydrogen-bond acceptors (Lipinski definition) is 2. The molecule has 0 unspecified atom stereocenters. The van der Waals surface area contributed by atoms with Crippen LogP contribution in [0.25, 0.3) is 22.2 Å². The quantitative estimate of drug-likeness (QED) is 0.492. The van der Waals surface area contributed by atoms with Crippen molar-refractivity contribution < 1.29 is 24.8 Å². The van der Waals surface area contributed by atoms with Crippen molar-refractivity contribution in [2.24, 2.45) is 5.92 Å². The Labute approximate surface area is 150 Å². The van der Waals surface area contributed by atoms with Gasteiger partial charge in [-0.1, -0.05) is 31.5 Å². The first-order valence-corrected chi connectivity index (χ1v) is 7.78. The fourth-order valence-corrected chi connectivity index (χ4v) is 3.11. The molecule has 0 N–H and O–H groups in total. The molecule has 1 radical (unpaired) electrons. The molecular formula is C20H18IrNO-. The zero-order chi connectivity index (χ0) is 15.1. The van der Waals surface area contributed by atoms with Gasteiger partial charge in [0.05, 0.1) is 12.1 Å². The van der Waals surface area contributed by atoms with E-state index in [2.05, 4.69) is 50.2 Å². The van der Waals surface area contributed by atoms with Gasteiger partial charge < -0.3 is 4.74 Å². The number of rotatable bonds is 2. The predicted octanol–water partition coefficient (Wildman–Crippen LogP) is 4.79. The Morgan fingerprint density at radius 2 is 2.09 bits per heavy atom. The van der Waals surface area contributed by atoms with Gasteiger partial charge >= 0.3 is 0 Å². The summed E-state index contributed by atoms with van der Waals surface area (Å²) in [6.45, 7) is 5.08. The molecule has 3 heteroatoms. The number of benzene rings is 2. The minimum atomic E-state index is 0. The van der Waals surface area contributed by atoms with E-state index in [1.54, 1.807) is 0 Å². The largest absolute Gasteiger partial charge is 0.506 e. The van der Waals surface area contributed by atoms with Gasteiger partial charge in [-0.2, -0.15) is 0 Å². The van der Waals surface area contributed by atoms with Crippen LogP contribution in [-0.4, -0.2) is 4.98 Å². The van der Waals surface area contributed by atoms with E-state index in [1.165, 1.54) is 10.9 Å². The third-order valence-electron chi connectivity index (χ3n) is 4.11. The van der Waals surface area contributed by atoms with Crippen molar-refractivity contribution in [1.82, 2.24) is 4.98 Å². The SMILES string of the molecule is CC(C)Cc1cccc2nc3c(cc12)OCc1ccc[c-]c1-3.[Ir]. The van der Waals surface area contributed by atoms with E-state index in [4.69, 9.17) is 9.72 Å². The van der Waals surface area contributed by atoms with Crippen molar-refractivity contribution >= 4 is 10.9 Å². The Balaban J connectivity index is 0.00000156. The molecule has 1 aromatic heterocycles. The maximum Gasteiger partial charge on any atom is 0.104 e. The van der Waals surface area contributed by atoms with E-state index in [0.29, 0.717) is 12.5 Å². The molecule has 0 fully saturated rings. The first kappa shape index (κ1) is 16.2. The maximum atomic E-state index is 5.94. The molecule has 4 rings (SSSR count). The van der Waals surface area contributed by atoms with Crippen molar-refractivity contribution in [3.8, 4) is 17.0 Å². The molecular weight excluding hydrogens is 462 g/mol. The summed E-state index contributed by atoms with van der Waals surface area (Å²) in [7, 11) is 0. The van der Waals surface area contributed by atoms with Gasteiger partial charge in [0.25, 0.3) is 0 Å². The standard InChI is InChI=1S/C20H18NO.Ir/c1-13(2)10-14-7-5-9-18-17(14)11-19-20(21-18)16-8-4-3-6-15(16)12-22-19;/h3-7,9,11,13H,10,12H2,1-2H3;/q-1;. The molecule has 23 heavy (non-hydrogen) atoms. The van der Waals surface area contributed by atoms with Gasteiger partial charge in [-0.3, -0.25) is 4.98 Å². The van der Waals surface area contributed by atoms with Crippen LogP contribution in [-0.2, 0) is 33.1 Å². The van der Waals surface area contributed by atoms with Gasteiger partial charge in [0.1, 0.15) is 5.75 Å². The Kier molecular flexibility index (Phi) is 4.52. The molecule has 0 saturated carbocycles. The molecule has 2 heterocycles. The second kappa shape index (κ2) is 6.43. The molecule has 0 aliphatic carbocycles. The van der Waals surface area contributed by atoms with Crippen LogP contribution in [0.2, 0.25) is 0 Å². The van der Waals surface area contributed by atoms with Crippen molar-refractivity contribution in [1.29, 1.82) is 0 Å². The van der Waals surface area contributed by atoms with Gasteiger partial charge in [-0.15, -0.1) is 29.8 Å². The molecule has 0 spiro atoms. The Morgan fingerprint density at radius 1 is 1.22 bits per heavy atom. The zero-order valence-corrected chi connectivity index (χ0v) is 15.6. The number of hydrogen-bond donors (Lipinski definition) is 0. The molecule has 119 valence electrons. The molecule has 2 nitrogen and oxygen atoms in total. The van der Waals surface area contributed by atoms with Gasteiger partial charge in [0, 0.05) is 31.2 Å². The van der Waals surface area contributed by atoms with Crippen LogP contribution in [0.1, 0.15) is 25.0 Å². The Bertz CT molecular complexity index is 857. The van der Waals surface area contributed by atoms with E-state index in [0.717, 1.165) is 34.5 Å². The molecule has 0 amide bonds. The smallest absolute Gasteiger partial charge is 0.104 e. The number of fused-ring (bicyclic) bond motifs is 4.